The zero-order chi connectivity index (χ0) is 20.5. The first-order valence-electron chi connectivity index (χ1n) is 9.06. The van der Waals surface area contributed by atoms with Crippen LogP contribution in [-0.2, 0) is 0 Å². The molecule has 7 heteroatoms. The summed E-state index contributed by atoms with van der Waals surface area (Å²) < 4.78 is 11.1. The lowest BCUT2D eigenvalue weighted by molar-refractivity contribution is 0.0950. The standard InChI is InChI=1S/C22H19N3O3S/c1-12-10-13(2)19-17(11-12)23-21(28-19)15-6-4-7-16(14(15)3)24-22(29)25-20(26)18-8-5-9-27-18/h4-11H,1-3H3,(H2,24,25,26,29). The van der Waals surface area contributed by atoms with Crippen LogP contribution in [0.15, 0.2) is 57.6 Å². The number of aryl methyl sites for hydroxylation is 2. The molecule has 0 aliphatic carbocycles. The quantitative estimate of drug-likeness (QED) is 0.460. The molecule has 2 heterocycles. The molecule has 0 atom stereocenters. The molecular weight excluding hydrogens is 386 g/mol. The molecule has 6 nitrogen and oxygen atoms in total. The van der Waals surface area contributed by atoms with Crippen molar-refractivity contribution in [3.63, 3.8) is 0 Å². The number of carbonyl (C=O) groups excluding carboxylic acids is 1. The maximum absolute atomic E-state index is 12.1. The lowest BCUT2D eigenvalue weighted by Gasteiger charge is -2.13. The summed E-state index contributed by atoms with van der Waals surface area (Å²) in [6.07, 6.45) is 1.43. The number of amides is 1. The molecule has 0 aliphatic rings. The minimum absolute atomic E-state index is 0.177. The highest BCUT2D eigenvalue weighted by Crippen LogP contribution is 2.32. The van der Waals surface area contributed by atoms with Gasteiger partial charge in [0.15, 0.2) is 16.5 Å². The molecule has 0 radical (unpaired) electrons. The van der Waals surface area contributed by atoms with E-state index in [2.05, 4.69) is 21.7 Å². The van der Waals surface area contributed by atoms with Gasteiger partial charge in [-0.25, -0.2) is 4.98 Å². The summed E-state index contributed by atoms with van der Waals surface area (Å²) in [5.41, 5.74) is 6.31. The molecule has 0 aliphatic heterocycles. The number of furan rings is 1. The smallest absolute Gasteiger partial charge is 0.293 e. The van der Waals surface area contributed by atoms with Gasteiger partial charge in [-0.1, -0.05) is 12.1 Å². The largest absolute Gasteiger partial charge is 0.459 e. The zero-order valence-electron chi connectivity index (χ0n) is 16.2. The second-order valence-electron chi connectivity index (χ2n) is 6.81. The highest BCUT2D eigenvalue weighted by molar-refractivity contribution is 7.80. The summed E-state index contributed by atoms with van der Waals surface area (Å²) in [6, 6.07) is 13.0. The second kappa shape index (κ2) is 7.52. The number of carbonyl (C=O) groups is 1. The number of oxazole rings is 1. The van der Waals surface area contributed by atoms with Crippen molar-refractivity contribution in [1.29, 1.82) is 0 Å². The van der Waals surface area contributed by atoms with E-state index in [1.165, 1.54) is 6.26 Å². The number of rotatable bonds is 3. The molecule has 4 aromatic rings. The lowest BCUT2D eigenvalue weighted by Crippen LogP contribution is -2.34. The van der Waals surface area contributed by atoms with E-state index in [0.717, 1.165) is 39.0 Å². The molecule has 0 saturated carbocycles. The van der Waals surface area contributed by atoms with E-state index in [1.807, 2.05) is 45.0 Å². The van der Waals surface area contributed by atoms with Gasteiger partial charge in [-0.2, -0.15) is 0 Å². The van der Waals surface area contributed by atoms with Gasteiger partial charge in [0.2, 0.25) is 5.89 Å². The maximum atomic E-state index is 12.1. The third-order valence-electron chi connectivity index (χ3n) is 4.60. The first kappa shape index (κ1) is 18.9. The fourth-order valence-corrected chi connectivity index (χ4v) is 3.42. The van der Waals surface area contributed by atoms with E-state index in [0.29, 0.717) is 5.89 Å². The van der Waals surface area contributed by atoms with Crippen molar-refractivity contribution in [1.82, 2.24) is 10.3 Å². The van der Waals surface area contributed by atoms with Crippen LogP contribution in [0, 0.1) is 20.8 Å². The third-order valence-corrected chi connectivity index (χ3v) is 4.81. The number of hydrogen-bond acceptors (Lipinski definition) is 5. The molecule has 0 unspecified atom stereocenters. The predicted molar refractivity (Wildman–Crippen MR) is 116 cm³/mol. The predicted octanol–water partition coefficient (Wildman–Crippen LogP) is 5.14. The highest BCUT2D eigenvalue weighted by atomic mass is 32.1. The number of fused-ring (bicyclic) bond motifs is 1. The van der Waals surface area contributed by atoms with Crippen molar-refractivity contribution in [2.24, 2.45) is 0 Å². The molecule has 2 N–H and O–H groups in total. The number of aromatic nitrogens is 1. The van der Waals surface area contributed by atoms with Crippen LogP contribution in [0.5, 0.6) is 0 Å². The van der Waals surface area contributed by atoms with Crippen molar-refractivity contribution in [2.75, 3.05) is 5.32 Å². The Balaban J connectivity index is 1.60. The van der Waals surface area contributed by atoms with E-state index >= 15 is 0 Å². The van der Waals surface area contributed by atoms with E-state index in [1.54, 1.807) is 12.1 Å². The van der Waals surface area contributed by atoms with Gasteiger partial charge in [-0.3, -0.25) is 10.1 Å². The summed E-state index contributed by atoms with van der Waals surface area (Å²) in [7, 11) is 0. The first-order chi connectivity index (χ1) is 13.9. The molecule has 4 rings (SSSR count). The fraction of sp³-hybridized carbons (Fsp3) is 0.136. The van der Waals surface area contributed by atoms with Crippen LogP contribution in [0.1, 0.15) is 27.2 Å². The minimum Gasteiger partial charge on any atom is -0.459 e. The SMILES string of the molecule is Cc1cc(C)c2oc(-c3cccc(NC(=S)NC(=O)c4ccco4)c3C)nc2c1. The van der Waals surface area contributed by atoms with Crippen molar-refractivity contribution in [2.45, 2.75) is 20.8 Å². The summed E-state index contributed by atoms with van der Waals surface area (Å²) in [5.74, 6) is 0.322. The Morgan fingerprint density at radius 2 is 1.93 bits per heavy atom. The number of nitrogens with zero attached hydrogens (tertiary/aromatic N) is 1. The molecule has 0 saturated heterocycles. The van der Waals surface area contributed by atoms with Gasteiger partial charge in [-0.15, -0.1) is 0 Å². The average molecular weight is 405 g/mol. The summed E-state index contributed by atoms with van der Waals surface area (Å²) in [4.78, 5) is 16.7. The Labute approximate surface area is 172 Å². The average Bonchev–Trinajstić information content (AvgIpc) is 3.33. The molecule has 146 valence electrons. The molecule has 29 heavy (non-hydrogen) atoms. The molecule has 2 aromatic heterocycles. The van der Waals surface area contributed by atoms with E-state index in [-0.39, 0.29) is 10.9 Å². The lowest BCUT2D eigenvalue weighted by atomic mass is 10.1. The number of hydrogen-bond donors (Lipinski definition) is 2. The molecule has 2 aromatic carbocycles. The summed E-state index contributed by atoms with van der Waals surface area (Å²) >= 11 is 5.27. The van der Waals surface area contributed by atoms with Crippen molar-refractivity contribution in [3.8, 4) is 11.5 Å². The van der Waals surface area contributed by atoms with Gasteiger partial charge < -0.3 is 14.2 Å². The Hall–Kier alpha value is -3.45. The topological polar surface area (TPSA) is 80.3 Å². The van der Waals surface area contributed by atoms with E-state index < -0.39 is 5.91 Å². The fourth-order valence-electron chi connectivity index (χ4n) is 3.22. The molecule has 0 bridgehead atoms. The normalized spacial score (nSPS) is 10.9. The Morgan fingerprint density at radius 1 is 1.10 bits per heavy atom. The Bertz CT molecular complexity index is 1230. The van der Waals surface area contributed by atoms with Gasteiger partial charge in [0.05, 0.1) is 6.26 Å². The number of thiocarbonyl (C=S) groups is 1. The van der Waals surface area contributed by atoms with Crippen LogP contribution in [-0.4, -0.2) is 16.0 Å². The summed E-state index contributed by atoms with van der Waals surface area (Å²) in [6.45, 7) is 5.99. The van der Waals surface area contributed by atoms with Crippen LogP contribution < -0.4 is 10.6 Å². The van der Waals surface area contributed by atoms with Crippen LogP contribution in [0.3, 0.4) is 0 Å². The Morgan fingerprint density at radius 3 is 2.69 bits per heavy atom. The number of anilines is 1. The van der Waals surface area contributed by atoms with Gasteiger partial charge >= 0.3 is 0 Å². The second-order valence-corrected chi connectivity index (χ2v) is 7.22. The molecule has 1 amide bonds. The Kier molecular flexibility index (Phi) is 4.90. The third kappa shape index (κ3) is 3.77. The van der Waals surface area contributed by atoms with Crippen molar-refractivity contribution >= 4 is 40.0 Å². The van der Waals surface area contributed by atoms with Crippen LogP contribution >= 0.6 is 12.2 Å². The number of nitrogens with one attached hydrogen (secondary N) is 2. The first-order valence-corrected chi connectivity index (χ1v) is 9.47. The van der Waals surface area contributed by atoms with Gasteiger partial charge in [0.1, 0.15) is 5.52 Å². The van der Waals surface area contributed by atoms with Crippen molar-refractivity contribution in [3.05, 3.63) is 71.2 Å². The van der Waals surface area contributed by atoms with Crippen LogP contribution in [0.25, 0.3) is 22.6 Å². The van der Waals surface area contributed by atoms with E-state index in [4.69, 9.17) is 21.1 Å². The number of benzene rings is 2. The van der Waals surface area contributed by atoms with E-state index in [9.17, 15) is 4.79 Å². The van der Waals surface area contributed by atoms with Crippen LogP contribution in [0.2, 0.25) is 0 Å². The zero-order valence-corrected chi connectivity index (χ0v) is 17.0. The minimum atomic E-state index is -0.411. The highest BCUT2D eigenvalue weighted by Gasteiger charge is 2.16. The molecular formula is C22H19N3O3S. The van der Waals surface area contributed by atoms with Crippen molar-refractivity contribution < 1.29 is 13.6 Å². The van der Waals surface area contributed by atoms with Gasteiger partial charge in [0, 0.05) is 11.3 Å². The van der Waals surface area contributed by atoms with Gasteiger partial charge in [-0.05, 0) is 80.0 Å². The van der Waals surface area contributed by atoms with Gasteiger partial charge in [0.25, 0.3) is 5.91 Å². The maximum Gasteiger partial charge on any atom is 0.293 e. The molecule has 0 spiro atoms. The summed E-state index contributed by atoms with van der Waals surface area (Å²) in [5, 5.41) is 5.83. The van der Waals surface area contributed by atoms with Crippen LogP contribution in [0.4, 0.5) is 5.69 Å². The molecule has 0 fully saturated rings. The monoisotopic (exact) mass is 405 g/mol.